The first kappa shape index (κ1) is 22.2. The van der Waals surface area contributed by atoms with Gasteiger partial charge in [-0.3, -0.25) is 4.79 Å². The van der Waals surface area contributed by atoms with E-state index < -0.39 is 0 Å². The predicted octanol–water partition coefficient (Wildman–Crippen LogP) is 5.87. The molecular weight excluding hydrogens is 422 g/mol. The number of hydrogen-bond donors (Lipinski definition) is 0. The van der Waals surface area contributed by atoms with Gasteiger partial charge in [-0.25, -0.2) is 4.98 Å². The minimum Gasteiger partial charge on any atom is -0.492 e. The molecule has 4 aromatic rings. The number of carbonyl (C=O) groups excluding carboxylic acids is 1. The van der Waals surface area contributed by atoms with Crippen LogP contribution in [0.1, 0.15) is 40.4 Å². The lowest BCUT2D eigenvalue weighted by Gasteiger charge is -2.21. The van der Waals surface area contributed by atoms with E-state index in [1.54, 1.807) is 0 Å². The summed E-state index contributed by atoms with van der Waals surface area (Å²) < 4.78 is 8.34. The topological polar surface area (TPSA) is 47.4 Å². The van der Waals surface area contributed by atoms with Gasteiger partial charge in [0.1, 0.15) is 18.2 Å². The van der Waals surface area contributed by atoms with Gasteiger partial charge in [0.25, 0.3) is 0 Å². The number of amides is 1. The van der Waals surface area contributed by atoms with E-state index in [0.717, 1.165) is 39.4 Å². The molecule has 0 N–H and O–H groups in total. The molecule has 5 heteroatoms. The SMILES string of the molecule is Cc1ccc(OCCn2c([C@@H]3CC(=O)N(c4c(C)cccc4C)C3)nc3ccccc32)cc1C. The van der Waals surface area contributed by atoms with E-state index in [0.29, 0.717) is 26.1 Å². The highest BCUT2D eigenvalue weighted by molar-refractivity contribution is 5.98. The Morgan fingerprint density at radius 2 is 1.68 bits per heavy atom. The maximum atomic E-state index is 13.1. The third-order valence-corrected chi connectivity index (χ3v) is 6.95. The average Bonchev–Trinajstić information content (AvgIpc) is 3.37. The van der Waals surface area contributed by atoms with Crippen molar-refractivity contribution in [2.24, 2.45) is 0 Å². The lowest BCUT2D eigenvalue weighted by molar-refractivity contribution is -0.117. The number of fused-ring (bicyclic) bond motifs is 1. The lowest BCUT2D eigenvalue weighted by atomic mass is 10.1. The van der Waals surface area contributed by atoms with Gasteiger partial charge in [-0.05, 0) is 74.2 Å². The Balaban J connectivity index is 1.42. The summed E-state index contributed by atoms with van der Waals surface area (Å²) in [6.45, 7) is 10.2. The molecule has 0 bridgehead atoms. The summed E-state index contributed by atoms with van der Waals surface area (Å²) in [5, 5.41) is 0. The molecule has 0 aliphatic carbocycles. The van der Waals surface area contributed by atoms with E-state index >= 15 is 0 Å². The van der Waals surface area contributed by atoms with Crippen LogP contribution in [0.15, 0.2) is 60.7 Å². The van der Waals surface area contributed by atoms with Crippen LogP contribution in [0.2, 0.25) is 0 Å². The van der Waals surface area contributed by atoms with Gasteiger partial charge < -0.3 is 14.2 Å². The number of aromatic nitrogens is 2. The Bertz CT molecular complexity index is 1350. The van der Waals surface area contributed by atoms with E-state index in [2.05, 4.69) is 62.6 Å². The smallest absolute Gasteiger partial charge is 0.227 e. The fraction of sp³-hybridized carbons (Fsp3) is 0.310. The third-order valence-electron chi connectivity index (χ3n) is 6.95. The van der Waals surface area contributed by atoms with Crippen molar-refractivity contribution in [1.82, 2.24) is 9.55 Å². The standard InChI is InChI=1S/C29H31N3O2/c1-19-12-13-24(16-22(19)4)34-15-14-31-26-11-6-5-10-25(26)30-29(31)23-17-27(33)32(18-23)28-20(2)8-7-9-21(28)3/h5-13,16,23H,14-15,17-18H2,1-4H3/t23-/m1/s1. The summed E-state index contributed by atoms with van der Waals surface area (Å²) in [4.78, 5) is 20.0. The molecule has 1 amide bonds. The van der Waals surface area contributed by atoms with Crippen molar-refractivity contribution >= 4 is 22.6 Å². The third kappa shape index (κ3) is 4.07. The second kappa shape index (κ2) is 8.98. The number of anilines is 1. The summed E-state index contributed by atoms with van der Waals surface area (Å²) in [7, 11) is 0. The average molecular weight is 454 g/mol. The van der Waals surface area contributed by atoms with Gasteiger partial charge in [-0.15, -0.1) is 0 Å². The molecule has 1 aromatic heterocycles. The highest BCUT2D eigenvalue weighted by atomic mass is 16.5. The normalized spacial score (nSPS) is 15.9. The van der Waals surface area contributed by atoms with Crippen LogP contribution in [-0.4, -0.2) is 28.6 Å². The molecule has 34 heavy (non-hydrogen) atoms. The van der Waals surface area contributed by atoms with Gasteiger partial charge >= 0.3 is 0 Å². The van der Waals surface area contributed by atoms with Gasteiger partial charge in [0.2, 0.25) is 5.91 Å². The molecule has 1 saturated heterocycles. The Morgan fingerprint density at radius 1 is 0.912 bits per heavy atom. The molecule has 0 radical (unpaired) electrons. The number of rotatable bonds is 6. The molecule has 5 nitrogen and oxygen atoms in total. The second-order valence-electron chi connectivity index (χ2n) is 9.35. The number of aryl methyl sites for hydroxylation is 4. The Labute approximate surface area is 201 Å². The monoisotopic (exact) mass is 453 g/mol. The second-order valence-corrected chi connectivity index (χ2v) is 9.35. The molecule has 5 rings (SSSR count). The maximum absolute atomic E-state index is 13.1. The number of benzene rings is 3. The van der Waals surface area contributed by atoms with Gasteiger partial charge in [-0.1, -0.05) is 36.4 Å². The van der Waals surface area contributed by atoms with Crippen molar-refractivity contribution in [3.63, 3.8) is 0 Å². The van der Waals surface area contributed by atoms with Crippen molar-refractivity contribution in [2.75, 3.05) is 18.1 Å². The highest BCUT2D eigenvalue weighted by Crippen LogP contribution is 2.36. The fourth-order valence-corrected chi connectivity index (χ4v) is 5.03. The molecular formula is C29H31N3O2. The first-order valence-electron chi connectivity index (χ1n) is 11.9. The lowest BCUT2D eigenvalue weighted by Crippen LogP contribution is -2.26. The summed E-state index contributed by atoms with van der Waals surface area (Å²) >= 11 is 0. The minimum atomic E-state index is 0.0422. The highest BCUT2D eigenvalue weighted by Gasteiger charge is 2.35. The summed E-state index contributed by atoms with van der Waals surface area (Å²) in [6, 6.07) is 20.6. The number of carbonyl (C=O) groups is 1. The van der Waals surface area contributed by atoms with Gasteiger partial charge in [0.05, 0.1) is 17.6 Å². The molecule has 1 atom stereocenters. The fourth-order valence-electron chi connectivity index (χ4n) is 5.03. The van der Waals surface area contributed by atoms with Crippen molar-refractivity contribution in [1.29, 1.82) is 0 Å². The zero-order valence-electron chi connectivity index (χ0n) is 20.3. The summed E-state index contributed by atoms with van der Waals surface area (Å²) in [6.07, 6.45) is 0.467. The molecule has 0 spiro atoms. The van der Waals surface area contributed by atoms with E-state index in [1.807, 2.05) is 35.2 Å². The number of para-hydroxylation sites is 3. The molecule has 1 fully saturated rings. The van der Waals surface area contributed by atoms with E-state index in [1.165, 1.54) is 11.1 Å². The number of ether oxygens (including phenoxy) is 1. The first-order valence-corrected chi connectivity index (χ1v) is 11.9. The molecule has 0 unspecified atom stereocenters. The van der Waals surface area contributed by atoms with E-state index in [-0.39, 0.29) is 11.8 Å². The number of hydrogen-bond acceptors (Lipinski definition) is 3. The van der Waals surface area contributed by atoms with Crippen LogP contribution >= 0.6 is 0 Å². The molecule has 2 heterocycles. The van der Waals surface area contributed by atoms with Crippen LogP contribution in [0.25, 0.3) is 11.0 Å². The van der Waals surface area contributed by atoms with Crippen molar-refractivity contribution in [3.05, 3.63) is 88.7 Å². The van der Waals surface area contributed by atoms with Crippen molar-refractivity contribution in [3.8, 4) is 5.75 Å². The molecule has 1 aliphatic heterocycles. The van der Waals surface area contributed by atoms with Crippen LogP contribution in [0, 0.1) is 27.7 Å². The Hall–Kier alpha value is -3.60. The maximum Gasteiger partial charge on any atom is 0.227 e. The first-order chi connectivity index (χ1) is 16.4. The zero-order valence-corrected chi connectivity index (χ0v) is 20.3. The molecule has 174 valence electrons. The minimum absolute atomic E-state index is 0.0422. The van der Waals surface area contributed by atoms with E-state index in [9.17, 15) is 4.79 Å². The van der Waals surface area contributed by atoms with Crippen LogP contribution in [0.5, 0.6) is 5.75 Å². The Kier molecular flexibility index (Phi) is 5.86. The quantitative estimate of drug-likeness (QED) is 0.367. The van der Waals surface area contributed by atoms with Crippen molar-refractivity contribution in [2.45, 2.75) is 46.6 Å². The van der Waals surface area contributed by atoms with Crippen LogP contribution < -0.4 is 9.64 Å². The van der Waals surface area contributed by atoms with Crippen LogP contribution in [0.4, 0.5) is 5.69 Å². The largest absolute Gasteiger partial charge is 0.492 e. The van der Waals surface area contributed by atoms with Crippen LogP contribution in [0.3, 0.4) is 0 Å². The van der Waals surface area contributed by atoms with Crippen LogP contribution in [-0.2, 0) is 11.3 Å². The molecule has 0 saturated carbocycles. The molecule has 1 aliphatic rings. The molecule has 3 aromatic carbocycles. The van der Waals surface area contributed by atoms with E-state index in [4.69, 9.17) is 9.72 Å². The predicted molar refractivity (Wildman–Crippen MR) is 137 cm³/mol. The van der Waals surface area contributed by atoms with Crippen molar-refractivity contribution < 1.29 is 9.53 Å². The van der Waals surface area contributed by atoms with Gasteiger partial charge in [0, 0.05) is 24.6 Å². The Morgan fingerprint density at radius 3 is 2.44 bits per heavy atom. The van der Waals surface area contributed by atoms with Gasteiger partial charge in [0.15, 0.2) is 0 Å². The number of nitrogens with zero attached hydrogens (tertiary/aromatic N) is 3. The summed E-state index contributed by atoms with van der Waals surface area (Å²) in [5.41, 5.74) is 7.82. The van der Waals surface area contributed by atoms with Gasteiger partial charge in [-0.2, -0.15) is 0 Å². The zero-order chi connectivity index (χ0) is 23.8. The number of imidazole rings is 1. The summed E-state index contributed by atoms with van der Waals surface area (Å²) in [5.74, 6) is 2.05.